The molecular formula is C22H22ClIN6O. The fourth-order valence-electron chi connectivity index (χ4n) is 3.07. The summed E-state index contributed by atoms with van der Waals surface area (Å²) in [5.41, 5.74) is 3.00. The van der Waals surface area contributed by atoms with Crippen LogP contribution < -0.4 is 10.6 Å². The molecule has 7 nitrogen and oxygen atoms in total. The molecule has 0 spiro atoms. The van der Waals surface area contributed by atoms with Gasteiger partial charge in [0, 0.05) is 48.7 Å². The summed E-state index contributed by atoms with van der Waals surface area (Å²) < 4.78 is 5.34. The number of hydrogen-bond donors (Lipinski definition) is 2. The highest BCUT2D eigenvalue weighted by Gasteiger charge is 2.09. The summed E-state index contributed by atoms with van der Waals surface area (Å²) in [6.07, 6.45) is 2.41. The second kappa shape index (κ2) is 11.1. The van der Waals surface area contributed by atoms with Gasteiger partial charge in [0.2, 0.25) is 11.7 Å². The first-order valence-electron chi connectivity index (χ1n) is 9.58. The number of fused-ring (bicyclic) bond motifs is 1. The molecule has 2 N–H and O–H groups in total. The van der Waals surface area contributed by atoms with Crippen molar-refractivity contribution in [2.24, 2.45) is 4.99 Å². The summed E-state index contributed by atoms with van der Waals surface area (Å²) in [6, 6.07) is 17.4. The van der Waals surface area contributed by atoms with Crippen molar-refractivity contribution in [3.63, 3.8) is 0 Å². The molecule has 4 rings (SSSR count). The number of rotatable bonds is 6. The number of aromatic nitrogens is 3. The molecule has 0 aliphatic carbocycles. The number of pyridine rings is 1. The Morgan fingerprint density at radius 1 is 1.06 bits per heavy atom. The fourth-order valence-corrected chi connectivity index (χ4v) is 3.20. The van der Waals surface area contributed by atoms with Gasteiger partial charge < -0.3 is 15.2 Å². The zero-order chi connectivity index (χ0) is 20.8. The van der Waals surface area contributed by atoms with E-state index in [4.69, 9.17) is 16.1 Å². The van der Waals surface area contributed by atoms with E-state index in [9.17, 15) is 0 Å². The lowest BCUT2D eigenvalue weighted by Crippen LogP contribution is -2.37. The summed E-state index contributed by atoms with van der Waals surface area (Å²) in [4.78, 5) is 13.1. The van der Waals surface area contributed by atoms with Crippen LogP contribution in [0.15, 0.2) is 70.3 Å². The van der Waals surface area contributed by atoms with Crippen molar-refractivity contribution in [3.8, 4) is 11.4 Å². The largest absolute Gasteiger partial charge is 0.356 e. The minimum Gasteiger partial charge on any atom is -0.356 e. The number of hydrogen-bond acceptors (Lipinski definition) is 5. The fraction of sp³-hybridized carbons (Fsp3) is 0.182. The van der Waals surface area contributed by atoms with Gasteiger partial charge >= 0.3 is 0 Å². The van der Waals surface area contributed by atoms with Crippen molar-refractivity contribution in [2.75, 3.05) is 13.6 Å². The standard InChI is InChI=1S/C22H21ClN6O.HI/c1-24-22(27-14-16-10-12-25-19-5-3-2-4-18(16)19)26-13-11-20-28-21(29-30-20)15-6-8-17(23)9-7-15;/h2-10,12H,11,13-14H2,1H3,(H2,24,26,27);1H. The maximum atomic E-state index is 5.92. The Morgan fingerprint density at radius 3 is 2.68 bits per heavy atom. The first kappa shape index (κ1) is 23.0. The second-order valence-corrected chi connectivity index (χ2v) is 7.04. The first-order chi connectivity index (χ1) is 14.7. The maximum absolute atomic E-state index is 5.92. The molecule has 0 aliphatic rings. The highest BCUT2D eigenvalue weighted by atomic mass is 127. The van der Waals surface area contributed by atoms with Crippen LogP contribution >= 0.6 is 35.6 Å². The van der Waals surface area contributed by atoms with Gasteiger partial charge in [-0.2, -0.15) is 4.98 Å². The summed E-state index contributed by atoms with van der Waals surface area (Å²) >= 11 is 5.92. The molecule has 0 atom stereocenters. The number of benzene rings is 2. The molecule has 4 aromatic rings. The lowest BCUT2D eigenvalue weighted by Gasteiger charge is -2.12. The topological polar surface area (TPSA) is 88.2 Å². The minimum absolute atomic E-state index is 0. The highest BCUT2D eigenvalue weighted by molar-refractivity contribution is 14.0. The summed E-state index contributed by atoms with van der Waals surface area (Å²) in [7, 11) is 1.74. The Bertz CT molecular complexity index is 1160. The molecular weight excluding hydrogens is 527 g/mol. The van der Waals surface area contributed by atoms with E-state index in [2.05, 4.69) is 36.8 Å². The van der Waals surface area contributed by atoms with Crippen LogP contribution in [0, 0.1) is 0 Å². The predicted octanol–water partition coefficient (Wildman–Crippen LogP) is 4.46. The van der Waals surface area contributed by atoms with Gasteiger partial charge in [-0.1, -0.05) is 35.0 Å². The van der Waals surface area contributed by atoms with Crippen molar-refractivity contribution in [1.82, 2.24) is 25.8 Å². The number of nitrogens with zero attached hydrogens (tertiary/aromatic N) is 4. The zero-order valence-corrected chi connectivity index (χ0v) is 20.0. The van der Waals surface area contributed by atoms with Crippen molar-refractivity contribution in [3.05, 3.63) is 77.3 Å². The van der Waals surface area contributed by atoms with E-state index in [0.717, 1.165) is 22.0 Å². The van der Waals surface area contributed by atoms with Gasteiger partial charge in [-0.05, 0) is 42.0 Å². The van der Waals surface area contributed by atoms with E-state index >= 15 is 0 Å². The highest BCUT2D eigenvalue weighted by Crippen LogP contribution is 2.19. The Balaban J connectivity index is 0.00000272. The average Bonchev–Trinajstić information content (AvgIpc) is 3.25. The lowest BCUT2D eigenvalue weighted by atomic mass is 10.1. The number of aliphatic imine (C=N–C) groups is 1. The SMILES string of the molecule is CN=C(NCCc1nc(-c2ccc(Cl)cc2)no1)NCc1ccnc2ccccc12.I. The van der Waals surface area contributed by atoms with Crippen molar-refractivity contribution >= 4 is 52.4 Å². The molecule has 2 heterocycles. The normalized spacial score (nSPS) is 11.2. The van der Waals surface area contributed by atoms with Crippen LogP contribution in [0.2, 0.25) is 5.02 Å². The van der Waals surface area contributed by atoms with Gasteiger partial charge in [0.25, 0.3) is 0 Å². The molecule has 0 amide bonds. The number of halogens is 2. The third-order valence-electron chi connectivity index (χ3n) is 4.61. The van der Waals surface area contributed by atoms with Crippen LogP contribution in [0.3, 0.4) is 0 Å². The monoisotopic (exact) mass is 548 g/mol. The molecule has 0 radical (unpaired) electrons. The van der Waals surface area contributed by atoms with Crippen LogP contribution in [-0.2, 0) is 13.0 Å². The van der Waals surface area contributed by atoms with Crippen molar-refractivity contribution in [2.45, 2.75) is 13.0 Å². The molecule has 0 aliphatic heterocycles. The van der Waals surface area contributed by atoms with Crippen molar-refractivity contribution < 1.29 is 4.52 Å². The van der Waals surface area contributed by atoms with Crippen LogP contribution in [0.25, 0.3) is 22.3 Å². The molecule has 0 bridgehead atoms. The van der Waals surface area contributed by atoms with E-state index in [1.807, 2.05) is 42.6 Å². The van der Waals surface area contributed by atoms with Crippen LogP contribution in [0.5, 0.6) is 0 Å². The van der Waals surface area contributed by atoms with Gasteiger partial charge in [-0.15, -0.1) is 24.0 Å². The Kier molecular flexibility index (Phi) is 8.19. The third kappa shape index (κ3) is 5.92. The zero-order valence-electron chi connectivity index (χ0n) is 16.9. The lowest BCUT2D eigenvalue weighted by molar-refractivity contribution is 0.378. The summed E-state index contributed by atoms with van der Waals surface area (Å²) in [5.74, 6) is 1.81. The average molecular weight is 549 g/mol. The molecule has 0 unspecified atom stereocenters. The van der Waals surface area contributed by atoms with Gasteiger partial charge in [-0.3, -0.25) is 9.98 Å². The smallest absolute Gasteiger partial charge is 0.228 e. The molecule has 31 heavy (non-hydrogen) atoms. The van der Waals surface area contributed by atoms with E-state index < -0.39 is 0 Å². The van der Waals surface area contributed by atoms with E-state index in [-0.39, 0.29) is 24.0 Å². The number of para-hydroxylation sites is 1. The van der Waals surface area contributed by atoms with E-state index in [1.165, 1.54) is 0 Å². The van der Waals surface area contributed by atoms with Crippen LogP contribution in [-0.4, -0.2) is 34.7 Å². The molecule has 0 saturated carbocycles. The number of nitrogens with one attached hydrogen (secondary N) is 2. The second-order valence-electron chi connectivity index (χ2n) is 6.61. The first-order valence-corrected chi connectivity index (χ1v) is 9.96. The summed E-state index contributed by atoms with van der Waals surface area (Å²) in [5, 5.41) is 12.4. The quantitative estimate of drug-likeness (QED) is 0.210. The molecule has 0 fully saturated rings. The van der Waals surface area contributed by atoms with Gasteiger partial charge in [-0.25, -0.2) is 0 Å². The Labute approximate surface area is 202 Å². The Hall–Kier alpha value is -2.72. The molecule has 2 aromatic heterocycles. The molecule has 160 valence electrons. The molecule has 9 heteroatoms. The maximum Gasteiger partial charge on any atom is 0.228 e. The van der Waals surface area contributed by atoms with Gasteiger partial charge in [0.15, 0.2) is 5.96 Å². The van der Waals surface area contributed by atoms with E-state index in [1.54, 1.807) is 19.2 Å². The predicted molar refractivity (Wildman–Crippen MR) is 134 cm³/mol. The van der Waals surface area contributed by atoms with Crippen LogP contribution in [0.1, 0.15) is 11.5 Å². The summed E-state index contributed by atoms with van der Waals surface area (Å²) in [6.45, 7) is 1.25. The van der Waals surface area contributed by atoms with Gasteiger partial charge in [0.1, 0.15) is 0 Å². The van der Waals surface area contributed by atoms with E-state index in [0.29, 0.717) is 42.2 Å². The van der Waals surface area contributed by atoms with Crippen LogP contribution in [0.4, 0.5) is 0 Å². The third-order valence-corrected chi connectivity index (χ3v) is 4.86. The molecule has 2 aromatic carbocycles. The number of guanidine groups is 1. The molecule has 0 saturated heterocycles. The Morgan fingerprint density at radius 2 is 1.87 bits per heavy atom. The van der Waals surface area contributed by atoms with Crippen molar-refractivity contribution in [1.29, 1.82) is 0 Å². The van der Waals surface area contributed by atoms with Gasteiger partial charge in [0.05, 0.1) is 5.52 Å². The minimum atomic E-state index is 0.